The van der Waals surface area contributed by atoms with Crippen molar-refractivity contribution in [2.75, 3.05) is 13.2 Å². The zero-order valence-electron chi connectivity index (χ0n) is 8.05. The molecule has 6 heteroatoms. The summed E-state index contributed by atoms with van der Waals surface area (Å²) in [5, 5.41) is 3.65. The van der Waals surface area contributed by atoms with Gasteiger partial charge in [-0.05, 0) is 0 Å². The summed E-state index contributed by atoms with van der Waals surface area (Å²) in [5.41, 5.74) is 6.87. The Bertz CT molecular complexity index is 475. The van der Waals surface area contributed by atoms with Crippen LogP contribution in [-0.4, -0.2) is 27.8 Å². The van der Waals surface area contributed by atoms with Gasteiger partial charge < -0.3 is 10.5 Å². The van der Waals surface area contributed by atoms with Crippen molar-refractivity contribution in [1.82, 2.24) is 9.38 Å². The van der Waals surface area contributed by atoms with Crippen LogP contribution < -0.4 is 5.73 Å². The van der Waals surface area contributed by atoms with E-state index in [0.29, 0.717) is 11.8 Å². The van der Waals surface area contributed by atoms with Gasteiger partial charge in [-0.15, -0.1) is 11.3 Å². The van der Waals surface area contributed by atoms with E-state index in [2.05, 4.69) is 9.38 Å². The van der Waals surface area contributed by atoms with Gasteiger partial charge in [-0.1, -0.05) is 11.8 Å². The fourth-order valence-corrected chi connectivity index (χ4v) is 3.42. The normalized spacial score (nSPS) is 17.1. The first kappa shape index (κ1) is 9.65. The highest BCUT2D eigenvalue weighted by Gasteiger charge is 2.23. The second-order valence-corrected chi connectivity index (χ2v) is 5.56. The number of thiazole rings is 1. The van der Waals surface area contributed by atoms with E-state index in [1.54, 1.807) is 23.1 Å². The van der Waals surface area contributed by atoms with Crippen LogP contribution in [0.2, 0.25) is 0 Å². The molecular formula is C9H11N3OS2. The molecule has 2 aromatic heterocycles. The van der Waals surface area contributed by atoms with Gasteiger partial charge in [0.1, 0.15) is 5.03 Å². The van der Waals surface area contributed by atoms with Gasteiger partial charge in [0.2, 0.25) is 0 Å². The number of fused-ring (bicyclic) bond motifs is 1. The third-order valence-electron chi connectivity index (χ3n) is 2.40. The molecule has 0 aromatic carbocycles. The Kier molecular flexibility index (Phi) is 2.44. The van der Waals surface area contributed by atoms with E-state index in [4.69, 9.17) is 10.5 Å². The van der Waals surface area contributed by atoms with E-state index in [-0.39, 0.29) is 0 Å². The number of nitrogens with zero attached hydrogens (tertiary/aromatic N) is 2. The van der Waals surface area contributed by atoms with Gasteiger partial charge in [-0.25, -0.2) is 4.98 Å². The van der Waals surface area contributed by atoms with Gasteiger partial charge >= 0.3 is 0 Å². The highest BCUT2D eigenvalue weighted by molar-refractivity contribution is 8.00. The van der Waals surface area contributed by atoms with Crippen molar-refractivity contribution < 1.29 is 4.74 Å². The lowest BCUT2D eigenvalue weighted by atomic mass is 10.4. The molecule has 1 aliphatic heterocycles. The maximum Gasteiger partial charge on any atom is 0.194 e. The smallest absolute Gasteiger partial charge is 0.194 e. The summed E-state index contributed by atoms with van der Waals surface area (Å²) >= 11 is 3.42. The third-order valence-corrected chi connectivity index (χ3v) is 4.32. The molecule has 1 saturated heterocycles. The van der Waals surface area contributed by atoms with E-state index < -0.39 is 0 Å². The quantitative estimate of drug-likeness (QED) is 0.881. The molecule has 0 atom stereocenters. The zero-order chi connectivity index (χ0) is 10.3. The number of aromatic nitrogens is 2. The molecule has 3 rings (SSSR count). The lowest BCUT2D eigenvalue weighted by molar-refractivity contribution is 0.0454. The molecule has 4 nitrogen and oxygen atoms in total. The summed E-state index contributed by atoms with van der Waals surface area (Å²) in [5.74, 6) is 0. The molecule has 0 bridgehead atoms. The van der Waals surface area contributed by atoms with Gasteiger partial charge in [0, 0.05) is 18.1 Å². The number of ether oxygens (including phenoxy) is 1. The van der Waals surface area contributed by atoms with Crippen LogP contribution in [0.1, 0.15) is 5.69 Å². The van der Waals surface area contributed by atoms with Crippen LogP contribution in [-0.2, 0) is 11.3 Å². The molecule has 0 amide bonds. The van der Waals surface area contributed by atoms with Gasteiger partial charge in [-0.2, -0.15) is 0 Å². The molecule has 15 heavy (non-hydrogen) atoms. The molecule has 2 N–H and O–H groups in total. The Hall–Kier alpha value is -0.560. The van der Waals surface area contributed by atoms with Crippen LogP contribution in [0.25, 0.3) is 4.96 Å². The van der Waals surface area contributed by atoms with Crippen LogP contribution in [0.4, 0.5) is 0 Å². The van der Waals surface area contributed by atoms with Gasteiger partial charge in [0.25, 0.3) is 0 Å². The van der Waals surface area contributed by atoms with Crippen LogP contribution in [0.15, 0.2) is 16.6 Å². The average Bonchev–Trinajstić information content (AvgIpc) is 2.69. The SMILES string of the molecule is NCc1c(SC2COC2)nc2sccn12. The summed E-state index contributed by atoms with van der Waals surface area (Å²) in [6.45, 7) is 2.20. The van der Waals surface area contributed by atoms with E-state index >= 15 is 0 Å². The molecule has 0 unspecified atom stereocenters. The maximum absolute atomic E-state index is 5.75. The molecule has 3 heterocycles. The van der Waals surface area contributed by atoms with Crippen molar-refractivity contribution in [2.24, 2.45) is 5.73 Å². The maximum atomic E-state index is 5.75. The van der Waals surface area contributed by atoms with E-state index in [1.165, 1.54) is 0 Å². The van der Waals surface area contributed by atoms with E-state index in [1.807, 2.05) is 11.6 Å². The molecule has 0 saturated carbocycles. The second kappa shape index (κ2) is 3.79. The van der Waals surface area contributed by atoms with Crippen molar-refractivity contribution in [1.29, 1.82) is 0 Å². The lowest BCUT2D eigenvalue weighted by Crippen LogP contribution is -2.30. The van der Waals surface area contributed by atoms with Gasteiger partial charge in [0.15, 0.2) is 4.96 Å². The number of hydrogen-bond donors (Lipinski definition) is 1. The van der Waals surface area contributed by atoms with Crippen molar-refractivity contribution in [3.05, 3.63) is 17.3 Å². The summed E-state index contributed by atoms with van der Waals surface area (Å²) in [6.07, 6.45) is 2.02. The molecule has 0 radical (unpaired) electrons. The fourth-order valence-electron chi connectivity index (χ4n) is 1.53. The number of rotatable bonds is 3. The van der Waals surface area contributed by atoms with Crippen LogP contribution in [0, 0.1) is 0 Å². The Morgan fingerprint density at radius 2 is 2.53 bits per heavy atom. The van der Waals surface area contributed by atoms with E-state index in [9.17, 15) is 0 Å². The summed E-state index contributed by atoms with van der Waals surface area (Å²) < 4.78 is 7.23. The predicted molar refractivity (Wildman–Crippen MR) is 61.4 cm³/mol. The number of imidazole rings is 1. The molecular weight excluding hydrogens is 230 g/mol. The van der Waals surface area contributed by atoms with Crippen molar-refractivity contribution >= 4 is 28.1 Å². The summed E-state index contributed by atoms with van der Waals surface area (Å²) in [7, 11) is 0. The molecule has 1 fully saturated rings. The minimum atomic E-state index is 0.536. The Morgan fingerprint density at radius 3 is 3.20 bits per heavy atom. The average molecular weight is 241 g/mol. The topological polar surface area (TPSA) is 52.5 Å². The van der Waals surface area contributed by atoms with Crippen molar-refractivity contribution in [3.8, 4) is 0 Å². The molecule has 2 aromatic rings. The van der Waals surface area contributed by atoms with Gasteiger partial charge in [0.05, 0.1) is 24.2 Å². The highest BCUT2D eigenvalue weighted by Crippen LogP contribution is 2.31. The molecule has 0 spiro atoms. The van der Waals surface area contributed by atoms with E-state index in [0.717, 1.165) is 28.9 Å². The zero-order valence-corrected chi connectivity index (χ0v) is 9.68. The highest BCUT2D eigenvalue weighted by atomic mass is 32.2. The van der Waals surface area contributed by atoms with Gasteiger partial charge in [-0.3, -0.25) is 4.40 Å². The fraction of sp³-hybridized carbons (Fsp3) is 0.444. The van der Waals surface area contributed by atoms with Crippen LogP contribution >= 0.6 is 23.1 Å². The number of nitrogens with two attached hydrogens (primary N) is 1. The Morgan fingerprint density at radius 1 is 1.67 bits per heavy atom. The van der Waals surface area contributed by atoms with Crippen LogP contribution in [0.3, 0.4) is 0 Å². The minimum Gasteiger partial charge on any atom is -0.379 e. The molecule has 80 valence electrons. The summed E-state index contributed by atoms with van der Waals surface area (Å²) in [6, 6.07) is 0. The predicted octanol–water partition coefficient (Wildman–Crippen LogP) is 1.35. The Balaban J connectivity index is 1.96. The minimum absolute atomic E-state index is 0.536. The van der Waals surface area contributed by atoms with Crippen LogP contribution in [0.5, 0.6) is 0 Å². The second-order valence-electron chi connectivity index (χ2n) is 3.40. The first-order valence-corrected chi connectivity index (χ1v) is 6.53. The molecule has 1 aliphatic rings. The standard InChI is InChI=1S/C9H11N3OS2/c10-3-7-8(15-6-4-13-5-6)11-9-12(7)1-2-14-9/h1-2,6H,3-5,10H2. The Labute approximate surface area is 95.4 Å². The molecule has 0 aliphatic carbocycles. The summed E-state index contributed by atoms with van der Waals surface area (Å²) in [4.78, 5) is 5.60. The first-order valence-electron chi connectivity index (χ1n) is 4.77. The van der Waals surface area contributed by atoms with Crippen molar-refractivity contribution in [2.45, 2.75) is 16.8 Å². The number of thioether (sulfide) groups is 1. The lowest BCUT2D eigenvalue weighted by Gasteiger charge is -2.24. The van der Waals surface area contributed by atoms with Crippen molar-refractivity contribution in [3.63, 3.8) is 0 Å². The monoisotopic (exact) mass is 241 g/mol. The first-order chi connectivity index (χ1) is 7.38. The number of hydrogen-bond acceptors (Lipinski definition) is 5. The third kappa shape index (κ3) is 1.57. The largest absolute Gasteiger partial charge is 0.379 e.